The Morgan fingerprint density at radius 3 is 2.82 bits per heavy atom. The Kier molecular flexibility index (Phi) is 3.45. The Labute approximate surface area is 109 Å². The van der Waals surface area contributed by atoms with Crippen LogP contribution in [0.5, 0.6) is 5.88 Å². The van der Waals surface area contributed by atoms with E-state index in [1.54, 1.807) is 18.3 Å². The lowest BCUT2D eigenvalue weighted by molar-refractivity contribution is 0.295. The number of anilines is 1. The van der Waals surface area contributed by atoms with Gasteiger partial charge in [-0.1, -0.05) is 23.2 Å². The standard InChI is InChI=1S/C11H11Cl2N3O/c1-6-15-4-10(16-6)17-5-7-8(12)2-3-9(14)11(7)13/h2-4H,5,14H2,1H3,(H,15,16). The number of nitrogens with one attached hydrogen (secondary N) is 1. The first-order valence-electron chi connectivity index (χ1n) is 4.94. The van der Waals surface area contributed by atoms with Gasteiger partial charge in [-0.15, -0.1) is 0 Å². The summed E-state index contributed by atoms with van der Waals surface area (Å²) in [6.07, 6.45) is 1.60. The molecule has 0 fully saturated rings. The molecule has 1 aromatic heterocycles. The minimum atomic E-state index is 0.240. The maximum absolute atomic E-state index is 6.05. The summed E-state index contributed by atoms with van der Waals surface area (Å²) in [6, 6.07) is 3.36. The molecule has 0 aliphatic carbocycles. The highest BCUT2D eigenvalue weighted by atomic mass is 35.5. The van der Waals surface area contributed by atoms with Crippen molar-refractivity contribution < 1.29 is 4.74 Å². The van der Waals surface area contributed by atoms with Gasteiger partial charge in [0, 0.05) is 10.6 Å². The third-order valence-corrected chi connectivity index (χ3v) is 3.07. The normalized spacial score (nSPS) is 10.5. The van der Waals surface area contributed by atoms with Gasteiger partial charge < -0.3 is 15.5 Å². The third-order valence-electron chi connectivity index (χ3n) is 2.27. The molecule has 6 heteroatoms. The van der Waals surface area contributed by atoms with Gasteiger partial charge in [-0.05, 0) is 19.1 Å². The van der Waals surface area contributed by atoms with Crippen molar-refractivity contribution in [3.63, 3.8) is 0 Å². The molecule has 0 aliphatic rings. The van der Waals surface area contributed by atoms with Crippen LogP contribution in [0.25, 0.3) is 0 Å². The fourth-order valence-electron chi connectivity index (χ4n) is 1.37. The van der Waals surface area contributed by atoms with Crippen molar-refractivity contribution in [3.8, 4) is 5.88 Å². The Balaban J connectivity index is 2.16. The zero-order valence-electron chi connectivity index (χ0n) is 9.13. The second-order valence-electron chi connectivity index (χ2n) is 3.55. The molecule has 0 atom stereocenters. The van der Waals surface area contributed by atoms with Gasteiger partial charge in [0.25, 0.3) is 0 Å². The molecule has 0 saturated heterocycles. The summed E-state index contributed by atoms with van der Waals surface area (Å²) < 4.78 is 5.49. The van der Waals surface area contributed by atoms with E-state index in [1.807, 2.05) is 6.92 Å². The zero-order chi connectivity index (χ0) is 12.4. The molecule has 0 bridgehead atoms. The molecule has 0 aliphatic heterocycles. The lowest BCUT2D eigenvalue weighted by Crippen LogP contribution is -2.00. The van der Waals surface area contributed by atoms with Gasteiger partial charge in [0.15, 0.2) is 0 Å². The summed E-state index contributed by atoms with van der Waals surface area (Å²) in [5.41, 5.74) is 6.85. The van der Waals surface area contributed by atoms with Gasteiger partial charge in [-0.2, -0.15) is 0 Å². The number of rotatable bonds is 3. The van der Waals surface area contributed by atoms with Gasteiger partial charge >= 0.3 is 0 Å². The Morgan fingerprint density at radius 1 is 1.41 bits per heavy atom. The molecule has 0 saturated carbocycles. The molecule has 0 spiro atoms. The summed E-state index contributed by atoms with van der Waals surface area (Å²) in [4.78, 5) is 6.97. The van der Waals surface area contributed by atoms with E-state index in [2.05, 4.69) is 9.97 Å². The van der Waals surface area contributed by atoms with Gasteiger partial charge in [-0.3, -0.25) is 0 Å². The molecular weight excluding hydrogens is 261 g/mol. The number of ether oxygens (including phenoxy) is 1. The number of hydrogen-bond donors (Lipinski definition) is 2. The van der Waals surface area contributed by atoms with E-state index in [-0.39, 0.29) is 6.61 Å². The second kappa shape index (κ2) is 4.85. The highest BCUT2D eigenvalue weighted by Crippen LogP contribution is 2.30. The molecule has 2 aromatic rings. The van der Waals surface area contributed by atoms with Gasteiger partial charge in [0.2, 0.25) is 5.88 Å². The van der Waals surface area contributed by atoms with Crippen molar-refractivity contribution in [1.29, 1.82) is 0 Å². The number of benzene rings is 1. The molecule has 4 nitrogen and oxygen atoms in total. The maximum Gasteiger partial charge on any atom is 0.211 e. The van der Waals surface area contributed by atoms with Crippen LogP contribution in [-0.4, -0.2) is 9.97 Å². The molecule has 0 radical (unpaired) electrons. The molecule has 1 aromatic carbocycles. The lowest BCUT2D eigenvalue weighted by atomic mass is 10.2. The number of nitrogens with two attached hydrogens (primary N) is 1. The number of aromatic amines is 1. The maximum atomic E-state index is 6.05. The highest BCUT2D eigenvalue weighted by Gasteiger charge is 2.10. The molecule has 0 unspecified atom stereocenters. The number of imidazole rings is 1. The van der Waals surface area contributed by atoms with Crippen molar-refractivity contribution in [3.05, 3.63) is 39.8 Å². The van der Waals surface area contributed by atoms with Crippen LogP contribution in [-0.2, 0) is 6.61 Å². The number of aryl methyl sites for hydroxylation is 1. The fraction of sp³-hybridized carbons (Fsp3) is 0.182. The number of hydrogen-bond acceptors (Lipinski definition) is 3. The number of H-pyrrole nitrogens is 1. The predicted molar refractivity (Wildman–Crippen MR) is 68.5 cm³/mol. The van der Waals surface area contributed by atoms with E-state index >= 15 is 0 Å². The van der Waals surface area contributed by atoms with Gasteiger partial charge in [-0.25, -0.2) is 4.98 Å². The zero-order valence-corrected chi connectivity index (χ0v) is 10.6. The van der Waals surface area contributed by atoms with Crippen LogP contribution in [0.4, 0.5) is 5.69 Å². The number of nitrogens with zero attached hydrogens (tertiary/aromatic N) is 1. The van der Waals surface area contributed by atoms with Crippen molar-refractivity contribution >= 4 is 28.9 Å². The van der Waals surface area contributed by atoms with Crippen LogP contribution < -0.4 is 10.5 Å². The highest BCUT2D eigenvalue weighted by molar-refractivity contribution is 6.37. The SMILES string of the molecule is Cc1ncc(OCc2c(Cl)ccc(N)c2Cl)[nH]1. The van der Waals surface area contributed by atoms with E-state index in [0.29, 0.717) is 27.2 Å². The lowest BCUT2D eigenvalue weighted by Gasteiger charge is -2.09. The minimum absolute atomic E-state index is 0.240. The second-order valence-corrected chi connectivity index (χ2v) is 4.34. The smallest absolute Gasteiger partial charge is 0.211 e. The number of aromatic nitrogens is 2. The minimum Gasteiger partial charge on any atom is -0.473 e. The Hall–Kier alpha value is -1.39. The Morgan fingerprint density at radius 2 is 2.18 bits per heavy atom. The van der Waals surface area contributed by atoms with Gasteiger partial charge in [0.1, 0.15) is 12.4 Å². The average molecular weight is 272 g/mol. The summed E-state index contributed by atoms with van der Waals surface area (Å²) in [5.74, 6) is 1.35. The van der Waals surface area contributed by atoms with Crippen LogP contribution in [0.15, 0.2) is 18.3 Å². The largest absolute Gasteiger partial charge is 0.473 e. The van der Waals surface area contributed by atoms with Crippen LogP contribution >= 0.6 is 23.2 Å². The van der Waals surface area contributed by atoms with Crippen molar-refractivity contribution in [2.45, 2.75) is 13.5 Å². The first-order chi connectivity index (χ1) is 8.08. The summed E-state index contributed by atoms with van der Waals surface area (Å²) >= 11 is 12.1. The van der Waals surface area contributed by atoms with Gasteiger partial charge in [0.05, 0.1) is 16.9 Å². The monoisotopic (exact) mass is 271 g/mol. The van der Waals surface area contributed by atoms with Crippen molar-refractivity contribution in [2.75, 3.05) is 5.73 Å². The molecule has 2 rings (SSSR count). The first kappa shape index (κ1) is 12.1. The molecular formula is C11H11Cl2N3O. The summed E-state index contributed by atoms with van der Waals surface area (Å²) in [7, 11) is 0. The topological polar surface area (TPSA) is 63.9 Å². The van der Waals surface area contributed by atoms with Crippen LogP contribution in [0, 0.1) is 6.92 Å². The summed E-state index contributed by atoms with van der Waals surface area (Å²) in [5, 5.41) is 0.953. The van der Waals surface area contributed by atoms with Crippen molar-refractivity contribution in [1.82, 2.24) is 9.97 Å². The first-order valence-corrected chi connectivity index (χ1v) is 5.70. The predicted octanol–water partition coefficient (Wildman–Crippen LogP) is 3.19. The number of nitrogen functional groups attached to an aromatic ring is 1. The Bertz CT molecular complexity index is 540. The molecule has 1 heterocycles. The van der Waals surface area contributed by atoms with E-state index in [4.69, 9.17) is 33.7 Å². The molecule has 90 valence electrons. The summed E-state index contributed by atoms with van der Waals surface area (Å²) in [6.45, 7) is 2.08. The third kappa shape index (κ3) is 2.65. The van der Waals surface area contributed by atoms with E-state index < -0.39 is 0 Å². The van der Waals surface area contributed by atoms with Crippen LogP contribution in [0.1, 0.15) is 11.4 Å². The number of halogens is 2. The molecule has 3 N–H and O–H groups in total. The van der Waals surface area contributed by atoms with Crippen LogP contribution in [0.2, 0.25) is 10.0 Å². The van der Waals surface area contributed by atoms with E-state index in [9.17, 15) is 0 Å². The van der Waals surface area contributed by atoms with E-state index in [1.165, 1.54) is 0 Å². The van der Waals surface area contributed by atoms with Crippen molar-refractivity contribution in [2.24, 2.45) is 0 Å². The molecule has 0 amide bonds. The van der Waals surface area contributed by atoms with E-state index in [0.717, 1.165) is 5.82 Å². The fourth-order valence-corrected chi connectivity index (χ4v) is 1.85. The quantitative estimate of drug-likeness (QED) is 0.843. The molecule has 17 heavy (non-hydrogen) atoms. The average Bonchev–Trinajstić information content (AvgIpc) is 2.70. The van der Waals surface area contributed by atoms with Crippen LogP contribution in [0.3, 0.4) is 0 Å².